The summed E-state index contributed by atoms with van der Waals surface area (Å²) in [4.78, 5) is 11.4. The van der Waals surface area contributed by atoms with E-state index in [1.54, 1.807) is 0 Å². The molecule has 0 spiro atoms. The van der Waals surface area contributed by atoms with Gasteiger partial charge in [0.05, 0.1) is 0 Å². The van der Waals surface area contributed by atoms with Crippen LogP contribution in [0.25, 0.3) is 0 Å². The summed E-state index contributed by atoms with van der Waals surface area (Å²) in [6.45, 7) is 4.58. The first-order valence-electron chi connectivity index (χ1n) is 15.3. The van der Waals surface area contributed by atoms with Crippen molar-refractivity contribution in [3.05, 3.63) is 0 Å². The molecule has 0 N–H and O–H groups in total. The number of hydrogen-bond acceptors (Lipinski definition) is 1. The molecule has 0 bridgehead atoms. The van der Waals surface area contributed by atoms with Crippen LogP contribution in [-0.2, 0) is 4.79 Å². The maximum atomic E-state index is 11.4. The molecule has 1 heteroatoms. The molecule has 0 fully saturated rings. The summed E-state index contributed by atoms with van der Waals surface area (Å²) in [6, 6.07) is 0. The largest absolute Gasteiger partial charge is 0.303 e. The molecule has 1 unspecified atom stereocenters. The van der Waals surface area contributed by atoms with Crippen molar-refractivity contribution >= 4 is 6.29 Å². The molecule has 0 aliphatic rings. The van der Waals surface area contributed by atoms with Crippen LogP contribution in [0.3, 0.4) is 0 Å². The van der Waals surface area contributed by atoms with Gasteiger partial charge in [0.25, 0.3) is 0 Å². The van der Waals surface area contributed by atoms with Crippen LogP contribution < -0.4 is 0 Å². The van der Waals surface area contributed by atoms with Crippen molar-refractivity contribution in [3.63, 3.8) is 0 Å². The number of unbranched alkanes of at least 4 members (excludes halogenated alkanes) is 23. The Bertz CT molecular complexity index is 337. The second-order valence-corrected chi connectivity index (χ2v) is 10.6. The zero-order chi connectivity index (χ0) is 23.4. The van der Waals surface area contributed by atoms with Crippen LogP contribution in [0.1, 0.15) is 187 Å². The van der Waals surface area contributed by atoms with Crippen molar-refractivity contribution in [2.24, 2.45) is 5.92 Å². The van der Waals surface area contributed by atoms with Gasteiger partial charge in [-0.3, -0.25) is 0 Å². The Kier molecular flexibility index (Phi) is 28.4. The van der Waals surface area contributed by atoms with E-state index in [0.29, 0.717) is 5.92 Å². The third-order valence-corrected chi connectivity index (χ3v) is 7.30. The quantitative estimate of drug-likeness (QED) is 0.0855. The van der Waals surface area contributed by atoms with E-state index in [0.717, 1.165) is 12.8 Å². The van der Waals surface area contributed by atoms with Crippen LogP contribution in [0.5, 0.6) is 0 Å². The van der Waals surface area contributed by atoms with Gasteiger partial charge in [0.15, 0.2) is 0 Å². The Labute approximate surface area is 204 Å². The Morgan fingerprint density at radius 3 is 0.812 bits per heavy atom. The molecular weight excluding hydrogens is 388 g/mol. The predicted molar refractivity (Wildman–Crippen MR) is 146 cm³/mol. The SMILES string of the molecule is CCCCCCCCCCCCCCCC(C=O)CCCCCCCCCCCCCC. The minimum absolute atomic E-state index is 0.339. The van der Waals surface area contributed by atoms with Crippen LogP contribution in [0.15, 0.2) is 0 Å². The van der Waals surface area contributed by atoms with Crippen molar-refractivity contribution in [1.29, 1.82) is 0 Å². The van der Waals surface area contributed by atoms with Crippen LogP contribution in [0.4, 0.5) is 0 Å². The Balaban J connectivity index is 3.27. The van der Waals surface area contributed by atoms with Crippen LogP contribution in [-0.4, -0.2) is 6.29 Å². The maximum absolute atomic E-state index is 11.4. The van der Waals surface area contributed by atoms with Gasteiger partial charge in [-0.2, -0.15) is 0 Å². The van der Waals surface area contributed by atoms with Crippen molar-refractivity contribution < 1.29 is 4.79 Å². The van der Waals surface area contributed by atoms with E-state index in [1.807, 2.05) is 0 Å². The van der Waals surface area contributed by atoms with E-state index in [1.165, 1.54) is 167 Å². The van der Waals surface area contributed by atoms with Gasteiger partial charge in [-0.1, -0.05) is 174 Å². The first kappa shape index (κ1) is 31.7. The van der Waals surface area contributed by atoms with Crippen LogP contribution in [0.2, 0.25) is 0 Å². The third-order valence-electron chi connectivity index (χ3n) is 7.30. The van der Waals surface area contributed by atoms with E-state index in [2.05, 4.69) is 13.8 Å². The zero-order valence-corrected chi connectivity index (χ0v) is 22.7. The molecule has 0 aliphatic heterocycles. The van der Waals surface area contributed by atoms with E-state index in [-0.39, 0.29) is 0 Å². The molecule has 0 heterocycles. The fourth-order valence-electron chi connectivity index (χ4n) is 4.95. The molecule has 0 saturated carbocycles. The van der Waals surface area contributed by atoms with Gasteiger partial charge in [-0.25, -0.2) is 0 Å². The number of rotatable bonds is 28. The summed E-state index contributed by atoms with van der Waals surface area (Å²) in [5.74, 6) is 0.339. The maximum Gasteiger partial charge on any atom is 0.123 e. The Morgan fingerprint density at radius 1 is 0.375 bits per heavy atom. The fraction of sp³-hybridized carbons (Fsp3) is 0.968. The number of hydrogen-bond donors (Lipinski definition) is 0. The van der Waals surface area contributed by atoms with Gasteiger partial charge in [0.2, 0.25) is 0 Å². The Morgan fingerprint density at radius 2 is 0.594 bits per heavy atom. The standard InChI is InChI=1S/C31H62O/c1-3-5-7-9-11-13-15-17-19-21-23-25-27-29-31(30-32)28-26-24-22-20-18-16-14-12-10-8-6-4-2/h30-31H,3-29H2,1-2H3. The minimum Gasteiger partial charge on any atom is -0.303 e. The van der Waals surface area contributed by atoms with Gasteiger partial charge in [0, 0.05) is 5.92 Å². The number of carbonyl (C=O) groups excluding carboxylic acids is 1. The molecular formula is C31H62O. The predicted octanol–water partition coefficient (Wildman–Crippen LogP) is 11.4. The van der Waals surface area contributed by atoms with E-state index >= 15 is 0 Å². The number of carbonyl (C=O) groups is 1. The lowest BCUT2D eigenvalue weighted by Crippen LogP contribution is -2.02. The van der Waals surface area contributed by atoms with Crippen molar-refractivity contribution in [1.82, 2.24) is 0 Å². The molecule has 0 aromatic carbocycles. The molecule has 1 atom stereocenters. The smallest absolute Gasteiger partial charge is 0.123 e. The highest BCUT2D eigenvalue weighted by Gasteiger charge is 2.06. The summed E-state index contributed by atoms with van der Waals surface area (Å²) in [5, 5.41) is 0. The van der Waals surface area contributed by atoms with Crippen LogP contribution in [0, 0.1) is 5.92 Å². The molecule has 0 saturated heterocycles. The summed E-state index contributed by atoms with van der Waals surface area (Å²) in [7, 11) is 0. The summed E-state index contributed by atoms with van der Waals surface area (Å²) in [5.41, 5.74) is 0. The van der Waals surface area contributed by atoms with Gasteiger partial charge in [0.1, 0.15) is 6.29 Å². The zero-order valence-electron chi connectivity index (χ0n) is 22.7. The monoisotopic (exact) mass is 450 g/mol. The summed E-state index contributed by atoms with van der Waals surface area (Å²) < 4.78 is 0. The van der Waals surface area contributed by atoms with Gasteiger partial charge in [-0.15, -0.1) is 0 Å². The highest BCUT2D eigenvalue weighted by molar-refractivity contribution is 5.53. The molecule has 0 amide bonds. The van der Waals surface area contributed by atoms with Gasteiger partial charge < -0.3 is 4.79 Å². The number of aldehydes is 1. The third kappa shape index (κ3) is 25.9. The van der Waals surface area contributed by atoms with E-state index in [9.17, 15) is 4.79 Å². The average Bonchev–Trinajstić information content (AvgIpc) is 2.81. The lowest BCUT2D eigenvalue weighted by atomic mass is 9.95. The van der Waals surface area contributed by atoms with Crippen molar-refractivity contribution in [2.75, 3.05) is 0 Å². The molecule has 0 radical (unpaired) electrons. The molecule has 0 rings (SSSR count). The fourth-order valence-corrected chi connectivity index (χ4v) is 4.95. The van der Waals surface area contributed by atoms with E-state index < -0.39 is 0 Å². The first-order valence-corrected chi connectivity index (χ1v) is 15.3. The van der Waals surface area contributed by atoms with Gasteiger partial charge >= 0.3 is 0 Å². The van der Waals surface area contributed by atoms with Crippen molar-refractivity contribution in [2.45, 2.75) is 187 Å². The van der Waals surface area contributed by atoms with Gasteiger partial charge in [-0.05, 0) is 12.8 Å². The summed E-state index contributed by atoms with van der Waals surface area (Å²) >= 11 is 0. The highest BCUT2D eigenvalue weighted by Crippen LogP contribution is 2.19. The Hall–Kier alpha value is -0.330. The minimum atomic E-state index is 0.339. The molecule has 32 heavy (non-hydrogen) atoms. The second kappa shape index (κ2) is 28.7. The van der Waals surface area contributed by atoms with Crippen molar-refractivity contribution in [3.8, 4) is 0 Å². The molecule has 0 aromatic heterocycles. The lowest BCUT2D eigenvalue weighted by Gasteiger charge is -2.10. The van der Waals surface area contributed by atoms with E-state index in [4.69, 9.17) is 0 Å². The van der Waals surface area contributed by atoms with Crippen LogP contribution >= 0.6 is 0 Å². The molecule has 0 aromatic rings. The summed E-state index contributed by atoms with van der Waals surface area (Å²) in [6.07, 6.45) is 38.5. The normalized spacial score (nSPS) is 12.3. The average molecular weight is 451 g/mol. The molecule has 1 nitrogen and oxygen atoms in total. The second-order valence-electron chi connectivity index (χ2n) is 10.6. The highest BCUT2D eigenvalue weighted by atomic mass is 16.1. The topological polar surface area (TPSA) is 17.1 Å². The first-order chi connectivity index (χ1) is 15.8. The molecule has 0 aliphatic carbocycles. The lowest BCUT2D eigenvalue weighted by molar-refractivity contribution is -0.111. The molecule has 192 valence electrons.